The summed E-state index contributed by atoms with van der Waals surface area (Å²) in [6.45, 7) is 3.13. The van der Waals surface area contributed by atoms with E-state index in [4.69, 9.17) is 5.11 Å². The highest BCUT2D eigenvalue weighted by atomic mass is 16.3. The Morgan fingerprint density at radius 1 is 1.07 bits per heavy atom. The summed E-state index contributed by atoms with van der Waals surface area (Å²) in [6, 6.07) is 16.2. The SMILES string of the molecule is Cc1ccc(C2CCCN(C(=O)/C=C/c3cccc(/C=C/C(=O)CO)c3)C2)cc1. The van der Waals surface area contributed by atoms with Crippen molar-refractivity contribution in [1.29, 1.82) is 0 Å². The monoisotopic (exact) mass is 389 g/mol. The third-order valence-electron chi connectivity index (χ3n) is 5.23. The molecular weight excluding hydrogens is 362 g/mol. The van der Waals surface area contributed by atoms with Crippen molar-refractivity contribution in [1.82, 2.24) is 4.90 Å². The number of nitrogens with zero attached hydrogens (tertiary/aromatic N) is 1. The topological polar surface area (TPSA) is 57.6 Å². The Bertz CT molecular complexity index is 912. The van der Waals surface area contributed by atoms with Crippen LogP contribution in [0.5, 0.6) is 0 Å². The van der Waals surface area contributed by atoms with E-state index in [9.17, 15) is 9.59 Å². The van der Waals surface area contributed by atoms with Gasteiger partial charge >= 0.3 is 0 Å². The van der Waals surface area contributed by atoms with Crippen molar-refractivity contribution in [2.24, 2.45) is 0 Å². The van der Waals surface area contributed by atoms with Gasteiger partial charge in [-0.3, -0.25) is 9.59 Å². The predicted octanol–water partition coefficient (Wildman–Crippen LogP) is 3.99. The maximum Gasteiger partial charge on any atom is 0.246 e. The number of aliphatic hydroxyl groups excluding tert-OH is 1. The zero-order chi connectivity index (χ0) is 20.6. The van der Waals surface area contributed by atoms with Crippen LogP contribution in [0.1, 0.15) is 41.0 Å². The van der Waals surface area contributed by atoms with Crippen molar-refractivity contribution >= 4 is 23.8 Å². The van der Waals surface area contributed by atoms with E-state index in [2.05, 4.69) is 31.2 Å². The number of carbonyl (C=O) groups excluding carboxylic acids is 2. The zero-order valence-corrected chi connectivity index (χ0v) is 16.8. The standard InChI is InChI=1S/C25H27NO3/c1-19-7-11-22(12-8-19)23-6-3-15-26(17-23)25(29)14-10-21-5-2-4-20(16-21)9-13-24(28)18-27/h2,4-5,7-14,16,23,27H,3,6,15,17-18H2,1H3/b13-9+,14-10+. The summed E-state index contributed by atoms with van der Waals surface area (Å²) < 4.78 is 0. The lowest BCUT2D eigenvalue weighted by Crippen LogP contribution is -2.38. The number of benzene rings is 2. The molecule has 0 bridgehead atoms. The molecule has 4 heteroatoms. The van der Waals surface area contributed by atoms with Crippen molar-refractivity contribution < 1.29 is 14.7 Å². The lowest BCUT2D eigenvalue weighted by Gasteiger charge is -2.32. The molecule has 2 aromatic rings. The molecule has 0 radical (unpaired) electrons. The molecule has 1 amide bonds. The fourth-order valence-electron chi connectivity index (χ4n) is 3.57. The van der Waals surface area contributed by atoms with Gasteiger partial charge < -0.3 is 10.0 Å². The van der Waals surface area contributed by atoms with Gasteiger partial charge in [-0.2, -0.15) is 0 Å². The molecule has 29 heavy (non-hydrogen) atoms. The molecule has 4 nitrogen and oxygen atoms in total. The molecule has 0 aliphatic carbocycles. The summed E-state index contributed by atoms with van der Waals surface area (Å²) in [7, 11) is 0. The second-order valence-corrected chi connectivity index (χ2v) is 7.50. The molecule has 0 aromatic heterocycles. The van der Waals surface area contributed by atoms with Crippen molar-refractivity contribution in [3.05, 3.63) is 82.9 Å². The summed E-state index contributed by atoms with van der Waals surface area (Å²) >= 11 is 0. The van der Waals surface area contributed by atoms with E-state index in [-0.39, 0.29) is 11.7 Å². The molecule has 2 aromatic carbocycles. The highest BCUT2D eigenvalue weighted by Crippen LogP contribution is 2.27. The average molecular weight is 389 g/mol. The molecule has 0 spiro atoms. The Morgan fingerprint density at radius 2 is 1.76 bits per heavy atom. The number of rotatable bonds is 6. The minimum Gasteiger partial charge on any atom is -0.388 e. The minimum atomic E-state index is -0.496. The fraction of sp³-hybridized carbons (Fsp3) is 0.280. The van der Waals surface area contributed by atoms with Gasteiger partial charge in [0.05, 0.1) is 0 Å². The van der Waals surface area contributed by atoms with Gasteiger partial charge in [0.2, 0.25) is 5.91 Å². The van der Waals surface area contributed by atoms with Crippen molar-refractivity contribution in [2.75, 3.05) is 19.7 Å². The number of hydrogen-bond donors (Lipinski definition) is 1. The zero-order valence-electron chi connectivity index (χ0n) is 16.8. The lowest BCUT2D eigenvalue weighted by molar-refractivity contribution is -0.127. The number of likely N-dealkylation sites (tertiary alicyclic amines) is 1. The van der Waals surface area contributed by atoms with E-state index in [1.54, 1.807) is 12.2 Å². The van der Waals surface area contributed by atoms with Crippen LogP contribution in [-0.4, -0.2) is 41.4 Å². The smallest absolute Gasteiger partial charge is 0.246 e. The van der Waals surface area contributed by atoms with E-state index < -0.39 is 6.61 Å². The fourth-order valence-corrected chi connectivity index (χ4v) is 3.57. The maximum atomic E-state index is 12.7. The van der Waals surface area contributed by atoms with E-state index in [1.165, 1.54) is 17.2 Å². The number of aliphatic hydroxyl groups is 1. The van der Waals surface area contributed by atoms with Gasteiger partial charge in [-0.15, -0.1) is 0 Å². The Hall–Kier alpha value is -2.98. The summed E-state index contributed by atoms with van der Waals surface area (Å²) in [5.74, 6) is 0.0757. The summed E-state index contributed by atoms with van der Waals surface area (Å²) in [5, 5.41) is 8.79. The molecule has 1 saturated heterocycles. The first-order valence-electron chi connectivity index (χ1n) is 10.0. The third-order valence-corrected chi connectivity index (χ3v) is 5.23. The number of hydrogen-bond acceptors (Lipinski definition) is 3. The Morgan fingerprint density at radius 3 is 2.45 bits per heavy atom. The molecule has 0 saturated carbocycles. The van der Waals surface area contributed by atoms with Crippen LogP contribution >= 0.6 is 0 Å². The quantitative estimate of drug-likeness (QED) is 0.760. The molecule has 1 atom stereocenters. The second kappa shape index (κ2) is 9.99. The van der Waals surface area contributed by atoms with Crippen LogP contribution < -0.4 is 0 Å². The van der Waals surface area contributed by atoms with Gasteiger partial charge in [0, 0.05) is 25.1 Å². The van der Waals surface area contributed by atoms with E-state index in [1.807, 2.05) is 35.2 Å². The molecule has 1 unspecified atom stereocenters. The second-order valence-electron chi connectivity index (χ2n) is 7.50. The number of aryl methyl sites for hydroxylation is 1. The van der Waals surface area contributed by atoms with Gasteiger partial charge in [0.1, 0.15) is 6.61 Å². The summed E-state index contributed by atoms with van der Waals surface area (Å²) in [6.07, 6.45) is 8.57. The number of piperidine rings is 1. The first-order valence-corrected chi connectivity index (χ1v) is 10.0. The van der Waals surface area contributed by atoms with Gasteiger partial charge in [-0.05, 0) is 54.7 Å². The number of carbonyl (C=O) groups is 2. The Balaban J connectivity index is 1.63. The first kappa shape index (κ1) is 20.7. The number of ketones is 1. The van der Waals surface area contributed by atoms with Gasteiger partial charge in [-0.1, -0.05) is 54.1 Å². The van der Waals surface area contributed by atoms with Gasteiger partial charge in [0.15, 0.2) is 5.78 Å². The van der Waals surface area contributed by atoms with E-state index in [0.29, 0.717) is 5.92 Å². The molecule has 1 fully saturated rings. The normalized spacial score (nSPS) is 17.2. The summed E-state index contributed by atoms with van der Waals surface area (Å²) in [4.78, 5) is 25.8. The van der Waals surface area contributed by atoms with E-state index in [0.717, 1.165) is 37.1 Å². The largest absolute Gasteiger partial charge is 0.388 e. The molecule has 1 N–H and O–H groups in total. The van der Waals surface area contributed by atoms with E-state index >= 15 is 0 Å². The Kier molecular flexibility index (Phi) is 7.14. The first-order chi connectivity index (χ1) is 14.0. The molecular formula is C25H27NO3. The van der Waals surface area contributed by atoms with Crippen LogP contribution in [0, 0.1) is 6.92 Å². The molecule has 1 heterocycles. The van der Waals surface area contributed by atoms with Gasteiger partial charge in [0.25, 0.3) is 0 Å². The Labute approximate surface area is 172 Å². The van der Waals surface area contributed by atoms with Crippen LogP contribution in [-0.2, 0) is 9.59 Å². The predicted molar refractivity (Wildman–Crippen MR) is 116 cm³/mol. The van der Waals surface area contributed by atoms with Crippen LogP contribution in [0.4, 0.5) is 0 Å². The third kappa shape index (κ3) is 6.00. The lowest BCUT2D eigenvalue weighted by atomic mass is 9.90. The maximum absolute atomic E-state index is 12.7. The molecule has 3 rings (SSSR count). The molecule has 1 aliphatic heterocycles. The van der Waals surface area contributed by atoms with Crippen LogP contribution in [0.25, 0.3) is 12.2 Å². The van der Waals surface area contributed by atoms with Crippen LogP contribution in [0.3, 0.4) is 0 Å². The molecule has 1 aliphatic rings. The highest BCUT2D eigenvalue weighted by Gasteiger charge is 2.23. The van der Waals surface area contributed by atoms with Crippen molar-refractivity contribution in [3.8, 4) is 0 Å². The minimum absolute atomic E-state index is 0.0261. The number of amides is 1. The van der Waals surface area contributed by atoms with Crippen molar-refractivity contribution in [3.63, 3.8) is 0 Å². The average Bonchev–Trinajstić information content (AvgIpc) is 2.76. The molecule has 150 valence electrons. The van der Waals surface area contributed by atoms with Crippen LogP contribution in [0.2, 0.25) is 0 Å². The van der Waals surface area contributed by atoms with Crippen LogP contribution in [0.15, 0.2) is 60.7 Å². The summed E-state index contributed by atoms with van der Waals surface area (Å²) in [5.41, 5.74) is 4.29. The van der Waals surface area contributed by atoms with Gasteiger partial charge in [-0.25, -0.2) is 0 Å². The van der Waals surface area contributed by atoms with Crippen molar-refractivity contribution in [2.45, 2.75) is 25.7 Å². The highest BCUT2D eigenvalue weighted by molar-refractivity contribution is 5.94.